The molecule has 0 aromatic carbocycles. The number of carboxylic acid groups (broad SMARTS) is 1. The highest BCUT2D eigenvalue weighted by molar-refractivity contribution is 5.76. The molecule has 0 aliphatic carbocycles. The summed E-state index contributed by atoms with van der Waals surface area (Å²) in [5.74, 6) is -0.990. The Labute approximate surface area is 119 Å². The topological polar surface area (TPSA) is 87.1 Å². The van der Waals surface area contributed by atoms with Crippen LogP contribution < -0.4 is 0 Å². The number of nitrogens with zero attached hydrogens (tertiary/aromatic N) is 1. The van der Waals surface area contributed by atoms with Crippen LogP contribution in [0.5, 0.6) is 0 Å². The van der Waals surface area contributed by atoms with E-state index in [-0.39, 0.29) is 19.5 Å². The zero-order valence-electron chi connectivity index (χ0n) is 12.7. The fourth-order valence-electron chi connectivity index (χ4n) is 2.56. The Morgan fingerprint density at radius 1 is 1.40 bits per heavy atom. The molecule has 1 fully saturated rings. The number of aliphatic hydroxyl groups is 1. The Hall–Kier alpha value is -1.30. The lowest BCUT2D eigenvalue weighted by Gasteiger charge is -2.42. The fourth-order valence-corrected chi connectivity index (χ4v) is 2.56. The molecule has 6 nitrogen and oxygen atoms in total. The van der Waals surface area contributed by atoms with E-state index in [9.17, 15) is 19.8 Å². The summed E-state index contributed by atoms with van der Waals surface area (Å²) in [5.41, 5.74) is -1.75. The van der Waals surface area contributed by atoms with Crippen LogP contribution in [0.4, 0.5) is 4.79 Å². The van der Waals surface area contributed by atoms with Gasteiger partial charge in [-0.15, -0.1) is 0 Å². The summed E-state index contributed by atoms with van der Waals surface area (Å²) in [5, 5.41) is 19.6. The van der Waals surface area contributed by atoms with E-state index in [4.69, 9.17) is 4.74 Å². The summed E-state index contributed by atoms with van der Waals surface area (Å²) >= 11 is 0. The highest BCUT2D eigenvalue weighted by atomic mass is 16.6. The molecule has 0 saturated carbocycles. The van der Waals surface area contributed by atoms with Gasteiger partial charge in [-0.25, -0.2) is 4.79 Å². The van der Waals surface area contributed by atoms with Gasteiger partial charge in [0.05, 0.1) is 18.1 Å². The number of hydrogen-bond donors (Lipinski definition) is 2. The first-order valence-electron chi connectivity index (χ1n) is 7.02. The number of ether oxygens (including phenoxy) is 1. The van der Waals surface area contributed by atoms with Gasteiger partial charge in [0.15, 0.2) is 0 Å². The number of β-amino-alcohol motifs (C(OH)–C–C–N with tert-alkyl or cyclic N) is 1. The number of carbonyl (C=O) groups is 2. The van der Waals surface area contributed by atoms with Crippen LogP contribution >= 0.6 is 0 Å². The van der Waals surface area contributed by atoms with Crippen molar-refractivity contribution >= 4 is 12.1 Å². The number of carbonyl (C=O) groups excluding carboxylic acids is 1. The van der Waals surface area contributed by atoms with Gasteiger partial charge in [-0.05, 0) is 33.6 Å². The van der Waals surface area contributed by atoms with Crippen LogP contribution in [0.15, 0.2) is 0 Å². The molecule has 0 spiro atoms. The van der Waals surface area contributed by atoms with Crippen LogP contribution in [0, 0.1) is 5.41 Å². The molecule has 0 radical (unpaired) electrons. The second kappa shape index (κ2) is 5.99. The average Bonchev–Trinajstić information content (AvgIpc) is 2.29. The second-order valence-corrected chi connectivity index (χ2v) is 6.40. The predicted octanol–water partition coefficient (Wildman–Crippen LogP) is 1.86. The first-order valence-corrected chi connectivity index (χ1v) is 7.02. The van der Waals surface area contributed by atoms with Gasteiger partial charge in [-0.2, -0.15) is 0 Å². The summed E-state index contributed by atoms with van der Waals surface area (Å²) in [6, 6.07) is 0. The van der Waals surface area contributed by atoms with Crippen LogP contribution in [0.25, 0.3) is 0 Å². The molecule has 1 aliphatic heterocycles. The van der Waals surface area contributed by atoms with Gasteiger partial charge in [0.2, 0.25) is 0 Å². The van der Waals surface area contributed by atoms with E-state index >= 15 is 0 Å². The Bertz CT molecular complexity index is 376. The van der Waals surface area contributed by atoms with Crippen molar-refractivity contribution in [1.29, 1.82) is 0 Å². The number of piperidine rings is 1. The van der Waals surface area contributed by atoms with E-state index in [2.05, 4.69) is 0 Å². The first kappa shape index (κ1) is 16.8. The molecule has 0 aromatic rings. The predicted molar refractivity (Wildman–Crippen MR) is 73.4 cm³/mol. The standard InChI is InChI=1S/C14H25NO5/c1-5-6-14(11(17)18)7-8-15(9-10(14)16)12(19)20-13(2,3)4/h10,16H,5-9H2,1-4H3,(H,17,18). The number of likely N-dealkylation sites (tertiary alicyclic amines) is 1. The summed E-state index contributed by atoms with van der Waals surface area (Å²) in [7, 11) is 0. The molecule has 2 N–H and O–H groups in total. The molecule has 1 heterocycles. The van der Waals surface area contributed by atoms with E-state index in [1.165, 1.54) is 4.90 Å². The number of carboxylic acids is 1. The molecule has 20 heavy (non-hydrogen) atoms. The fraction of sp³-hybridized carbons (Fsp3) is 0.857. The molecular weight excluding hydrogens is 262 g/mol. The monoisotopic (exact) mass is 287 g/mol. The van der Waals surface area contributed by atoms with Crippen LogP contribution in [0.1, 0.15) is 47.0 Å². The van der Waals surface area contributed by atoms with E-state index in [0.717, 1.165) is 0 Å². The van der Waals surface area contributed by atoms with E-state index in [0.29, 0.717) is 12.8 Å². The van der Waals surface area contributed by atoms with Gasteiger partial charge < -0.3 is 19.8 Å². The maximum Gasteiger partial charge on any atom is 0.410 e. The highest BCUT2D eigenvalue weighted by Crippen LogP contribution is 2.37. The smallest absolute Gasteiger partial charge is 0.410 e. The van der Waals surface area contributed by atoms with E-state index in [1.54, 1.807) is 20.8 Å². The number of hydrogen-bond acceptors (Lipinski definition) is 4. The van der Waals surface area contributed by atoms with Crippen LogP contribution in [-0.2, 0) is 9.53 Å². The third-order valence-electron chi connectivity index (χ3n) is 3.63. The SMILES string of the molecule is CCCC1(C(=O)O)CCN(C(=O)OC(C)(C)C)CC1O. The molecule has 1 saturated heterocycles. The van der Waals surface area contributed by atoms with Crippen LogP contribution in [-0.4, -0.2) is 52.0 Å². The third kappa shape index (κ3) is 3.62. The van der Waals surface area contributed by atoms with Crippen molar-refractivity contribution in [2.45, 2.75) is 58.7 Å². The molecule has 2 unspecified atom stereocenters. The van der Waals surface area contributed by atoms with Gasteiger partial charge in [-0.1, -0.05) is 13.3 Å². The second-order valence-electron chi connectivity index (χ2n) is 6.40. The number of aliphatic hydroxyl groups excluding tert-OH is 1. The summed E-state index contributed by atoms with van der Waals surface area (Å²) < 4.78 is 5.24. The first-order chi connectivity index (χ1) is 9.12. The Morgan fingerprint density at radius 3 is 2.40 bits per heavy atom. The summed E-state index contributed by atoms with van der Waals surface area (Å²) in [6.07, 6.45) is -0.244. The lowest BCUT2D eigenvalue weighted by Crippen LogP contribution is -2.56. The zero-order chi connectivity index (χ0) is 15.6. The quantitative estimate of drug-likeness (QED) is 0.827. The van der Waals surface area contributed by atoms with Crippen molar-refractivity contribution in [3.8, 4) is 0 Å². The lowest BCUT2D eigenvalue weighted by atomic mass is 9.73. The third-order valence-corrected chi connectivity index (χ3v) is 3.63. The molecule has 1 aliphatic rings. The maximum absolute atomic E-state index is 11.9. The maximum atomic E-state index is 11.9. The molecule has 116 valence electrons. The van der Waals surface area contributed by atoms with Crippen molar-refractivity contribution in [2.24, 2.45) is 5.41 Å². The normalized spacial score (nSPS) is 27.2. The van der Waals surface area contributed by atoms with Gasteiger partial charge >= 0.3 is 12.1 Å². The van der Waals surface area contributed by atoms with Gasteiger partial charge in [0, 0.05) is 6.54 Å². The van der Waals surface area contributed by atoms with Crippen molar-refractivity contribution in [3.63, 3.8) is 0 Å². The molecule has 0 aromatic heterocycles. The zero-order valence-corrected chi connectivity index (χ0v) is 12.7. The lowest BCUT2D eigenvalue weighted by molar-refractivity contribution is -0.163. The van der Waals surface area contributed by atoms with Crippen molar-refractivity contribution < 1.29 is 24.5 Å². The van der Waals surface area contributed by atoms with E-state index in [1.807, 2.05) is 6.92 Å². The minimum Gasteiger partial charge on any atom is -0.481 e. The van der Waals surface area contributed by atoms with Gasteiger partial charge in [0.1, 0.15) is 5.60 Å². The number of aliphatic carboxylic acids is 1. The van der Waals surface area contributed by atoms with E-state index < -0.39 is 29.2 Å². The summed E-state index contributed by atoms with van der Waals surface area (Å²) in [4.78, 5) is 24.8. The average molecular weight is 287 g/mol. The van der Waals surface area contributed by atoms with Gasteiger partial charge in [-0.3, -0.25) is 4.79 Å². The molecular formula is C14H25NO5. The number of amides is 1. The molecule has 2 atom stereocenters. The van der Waals surface area contributed by atoms with Gasteiger partial charge in [0.25, 0.3) is 0 Å². The minimum absolute atomic E-state index is 0.00120. The largest absolute Gasteiger partial charge is 0.481 e. The Morgan fingerprint density at radius 2 is 2.00 bits per heavy atom. The van der Waals surface area contributed by atoms with Crippen molar-refractivity contribution in [1.82, 2.24) is 4.90 Å². The molecule has 6 heteroatoms. The van der Waals surface area contributed by atoms with Crippen molar-refractivity contribution in [3.05, 3.63) is 0 Å². The Kier molecular flexibility index (Phi) is 5.02. The van der Waals surface area contributed by atoms with Crippen molar-refractivity contribution in [2.75, 3.05) is 13.1 Å². The van der Waals surface area contributed by atoms with Crippen LogP contribution in [0.2, 0.25) is 0 Å². The molecule has 1 amide bonds. The molecule has 1 rings (SSSR count). The van der Waals surface area contributed by atoms with Crippen LogP contribution in [0.3, 0.4) is 0 Å². The number of rotatable bonds is 3. The highest BCUT2D eigenvalue weighted by Gasteiger charge is 2.49. The Balaban J connectivity index is 2.76. The molecule has 0 bridgehead atoms. The minimum atomic E-state index is -1.15. The summed E-state index contributed by atoms with van der Waals surface area (Å²) in [6.45, 7) is 7.48.